The summed E-state index contributed by atoms with van der Waals surface area (Å²) in [6, 6.07) is 8.34. The Morgan fingerprint density at radius 1 is 1.24 bits per heavy atom. The quantitative estimate of drug-likeness (QED) is 0.663. The second-order valence-corrected chi connectivity index (χ2v) is 4.83. The van der Waals surface area contributed by atoms with Crippen LogP contribution in [-0.2, 0) is 16.7 Å². The van der Waals surface area contributed by atoms with E-state index in [1.54, 1.807) is 5.01 Å². The molecule has 1 aromatic rings. The number of hydrogen-bond donors (Lipinski definition) is 2. The molecule has 3 rings (SSSR count). The smallest absolute Gasteiger partial charge is 0.121 e. The maximum atomic E-state index is 8.31. The molecule has 4 heteroatoms. The van der Waals surface area contributed by atoms with E-state index in [9.17, 15) is 0 Å². The molecule has 0 radical (unpaired) electrons. The summed E-state index contributed by atoms with van der Waals surface area (Å²) >= 11 is 0. The summed E-state index contributed by atoms with van der Waals surface area (Å²) in [5.41, 5.74) is 2.30. The minimum atomic E-state index is -0.220. The number of hydrogen-bond acceptors (Lipinski definition) is 3. The lowest BCUT2D eigenvalue weighted by molar-refractivity contribution is 0.0640. The van der Waals surface area contributed by atoms with Crippen LogP contribution in [-0.4, -0.2) is 24.1 Å². The van der Waals surface area contributed by atoms with Crippen molar-refractivity contribution < 1.29 is 4.74 Å². The van der Waals surface area contributed by atoms with E-state index in [2.05, 4.69) is 18.2 Å². The zero-order valence-electron chi connectivity index (χ0n) is 9.78. The normalized spacial score (nSPS) is 22.6. The van der Waals surface area contributed by atoms with Gasteiger partial charge >= 0.3 is 0 Å². The standard InChI is InChI=1S/C13H17N3O/c14-12-13(5-7-17-8-6-13)11-4-2-1-3-10(11)9-16(12)15/h1-4,14H,5-9,15H2. The number of nitrogens with two attached hydrogens (primary N) is 1. The molecule has 0 amide bonds. The number of nitrogens with zero attached hydrogens (tertiary/aromatic N) is 1. The summed E-state index contributed by atoms with van der Waals surface area (Å²) in [5, 5.41) is 9.89. The number of benzene rings is 1. The highest BCUT2D eigenvalue weighted by Gasteiger charge is 2.44. The first-order chi connectivity index (χ1) is 8.24. The summed E-state index contributed by atoms with van der Waals surface area (Å²) < 4.78 is 5.44. The van der Waals surface area contributed by atoms with E-state index >= 15 is 0 Å². The number of fused-ring (bicyclic) bond motifs is 2. The van der Waals surface area contributed by atoms with Crippen LogP contribution >= 0.6 is 0 Å². The Bertz CT molecular complexity index is 452. The Morgan fingerprint density at radius 3 is 2.71 bits per heavy atom. The summed E-state index contributed by atoms with van der Waals surface area (Å²) in [6.45, 7) is 2.06. The monoisotopic (exact) mass is 231 g/mol. The Labute approximate surface area is 101 Å². The van der Waals surface area contributed by atoms with Gasteiger partial charge in [0.1, 0.15) is 5.84 Å². The number of nitrogens with one attached hydrogen (secondary N) is 1. The maximum Gasteiger partial charge on any atom is 0.121 e. The van der Waals surface area contributed by atoms with E-state index in [4.69, 9.17) is 16.0 Å². The van der Waals surface area contributed by atoms with Crippen molar-refractivity contribution in [3.05, 3.63) is 35.4 Å². The van der Waals surface area contributed by atoms with Gasteiger partial charge in [-0.15, -0.1) is 0 Å². The van der Waals surface area contributed by atoms with Crippen LogP contribution in [0.4, 0.5) is 0 Å². The highest BCUT2D eigenvalue weighted by molar-refractivity contribution is 5.92. The largest absolute Gasteiger partial charge is 0.381 e. The van der Waals surface area contributed by atoms with Crippen LogP contribution in [0.3, 0.4) is 0 Å². The van der Waals surface area contributed by atoms with Gasteiger partial charge in [0.05, 0.1) is 12.0 Å². The van der Waals surface area contributed by atoms with Crippen LogP contribution in [0.2, 0.25) is 0 Å². The Balaban J connectivity index is 2.14. The van der Waals surface area contributed by atoms with E-state index in [1.807, 2.05) is 6.07 Å². The molecule has 2 heterocycles. The second kappa shape index (κ2) is 3.82. The fraction of sp³-hybridized carbons (Fsp3) is 0.462. The molecule has 0 aliphatic carbocycles. The van der Waals surface area contributed by atoms with Crippen molar-refractivity contribution in [2.75, 3.05) is 13.2 Å². The van der Waals surface area contributed by atoms with Crippen molar-refractivity contribution in [3.8, 4) is 0 Å². The first-order valence-corrected chi connectivity index (χ1v) is 6.01. The van der Waals surface area contributed by atoms with Gasteiger partial charge in [-0.1, -0.05) is 24.3 Å². The fourth-order valence-corrected chi connectivity index (χ4v) is 3.02. The van der Waals surface area contributed by atoms with Crippen LogP contribution in [0.25, 0.3) is 0 Å². The number of amidine groups is 1. The third-order valence-corrected chi connectivity index (χ3v) is 3.96. The van der Waals surface area contributed by atoms with Crippen molar-refractivity contribution in [3.63, 3.8) is 0 Å². The summed E-state index contributed by atoms with van der Waals surface area (Å²) in [4.78, 5) is 0. The molecule has 1 fully saturated rings. The predicted molar refractivity (Wildman–Crippen MR) is 65.6 cm³/mol. The molecule has 1 aromatic carbocycles. The number of rotatable bonds is 0. The summed E-state index contributed by atoms with van der Waals surface area (Å²) in [7, 11) is 0. The predicted octanol–water partition coefficient (Wildman–Crippen LogP) is 1.40. The molecule has 1 saturated heterocycles. The average Bonchev–Trinajstić information content (AvgIpc) is 2.38. The average molecular weight is 231 g/mol. The molecule has 1 spiro atoms. The van der Waals surface area contributed by atoms with E-state index in [0.29, 0.717) is 25.6 Å². The van der Waals surface area contributed by atoms with Gasteiger partial charge in [-0.25, -0.2) is 5.84 Å². The molecule has 0 atom stereocenters. The Kier molecular flexibility index (Phi) is 2.42. The zero-order valence-corrected chi connectivity index (χ0v) is 9.78. The van der Waals surface area contributed by atoms with E-state index in [1.165, 1.54) is 11.1 Å². The van der Waals surface area contributed by atoms with E-state index < -0.39 is 0 Å². The van der Waals surface area contributed by atoms with Crippen molar-refractivity contribution >= 4 is 5.84 Å². The van der Waals surface area contributed by atoms with Crippen molar-refractivity contribution in [2.24, 2.45) is 5.84 Å². The van der Waals surface area contributed by atoms with Crippen molar-refractivity contribution in [1.29, 1.82) is 5.41 Å². The molecule has 3 N–H and O–H groups in total. The minimum absolute atomic E-state index is 0.220. The third-order valence-electron chi connectivity index (χ3n) is 3.96. The lowest BCUT2D eigenvalue weighted by atomic mass is 9.69. The maximum absolute atomic E-state index is 8.31. The van der Waals surface area contributed by atoms with Gasteiger partial charge in [-0.2, -0.15) is 0 Å². The molecular weight excluding hydrogens is 214 g/mol. The lowest BCUT2D eigenvalue weighted by Gasteiger charge is -2.45. The minimum Gasteiger partial charge on any atom is -0.381 e. The highest BCUT2D eigenvalue weighted by atomic mass is 16.5. The molecule has 2 aliphatic heterocycles. The van der Waals surface area contributed by atoms with Gasteiger partial charge in [0.2, 0.25) is 0 Å². The summed E-state index contributed by atoms with van der Waals surface area (Å²) in [6.07, 6.45) is 1.72. The van der Waals surface area contributed by atoms with Gasteiger partial charge in [-0.05, 0) is 24.0 Å². The Morgan fingerprint density at radius 2 is 1.94 bits per heavy atom. The van der Waals surface area contributed by atoms with Gasteiger partial charge < -0.3 is 4.74 Å². The third kappa shape index (κ3) is 1.48. The number of hydrazine groups is 1. The second-order valence-electron chi connectivity index (χ2n) is 4.83. The molecule has 4 nitrogen and oxygen atoms in total. The topological polar surface area (TPSA) is 62.3 Å². The van der Waals surface area contributed by atoms with Crippen LogP contribution in [0.15, 0.2) is 24.3 Å². The molecule has 0 bridgehead atoms. The molecular formula is C13H17N3O. The van der Waals surface area contributed by atoms with Gasteiger partial charge in [0.15, 0.2) is 0 Å². The molecule has 0 aromatic heterocycles. The molecule has 0 unspecified atom stereocenters. The van der Waals surface area contributed by atoms with Crippen LogP contribution in [0.1, 0.15) is 24.0 Å². The molecule has 17 heavy (non-hydrogen) atoms. The molecule has 2 aliphatic rings. The van der Waals surface area contributed by atoms with Gasteiger partial charge in [0, 0.05) is 13.2 Å². The van der Waals surface area contributed by atoms with Crippen LogP contribution < -0.4 is 5.84 Å². The van der Waals surface area contributed by atoms with Crippen LogP contribution in [0, 0.1) is 5.41 Å². The van der Waals surface area contributed by atoms with Crippen molar-refractivity contribution in [1.82, 2.24) is 5.01 Å². The first-order valence-electron chi connectivity index (χ1n) is 6.01. The highest BCUT2D eigenvalue weighted by Crippen LogP contribution is 2.41. The van der Waals surface area contributed by atoms with Crippen molar-refractivity contribution in [2.45, 2.75) is 24.8 Å². The number of ether oxygens (including phenoxy) is 1. The van der Waals surface area contributed by atoms with Gasteiger partial charge in [0.25, 0.3) is 0 Å². The lowest BCUT2D eigenvalue weighted by Crippen LogP contribution is -2.55. The van der Waals surface area contributed by atoms with E-state index in [-0.39, 0.29) is 5.41 Å². The van der Waals surface area contributed by atoms with Gasteiger partial charge in [-0.3, -0.25) is 10.4 Å². The Hall–Kier alpha value is -1.39. The summed E-state index contributed by atoms with van der Waals surface area (Å²) in [5.74, 6) is 6.51. The van der Waals surface area contributed by atoms with E-state index in [0.717, 1.165) is 12.8 Å². The fourth-order valence-electron chi connectivity index (χ4n) is 3.02. The molecule has 90 valence electrons. The van der Waals surface area contributed by atoms with Crippen LogP contribution in [0.5, 0.6) is 0 Å². The SMILES string of the molecule is N=C1N(N)Cc2ccccc2C12CCOCC2. The molecule has 0 saturated carbocycles. The zero-order chi connectivity index (χ0) is 11.9. The first kappa shape index (κ1) is 10.7.